The van der Waals surface area contributed by atoms with E-state index < -0.39 is 11.7 Å². The molecule has 0 spiro atoms. The number of piperidine rings is 1. The maximum absolute atomic E-state index is 12.5. The lowest BCUT2D eigenvalue weighted by Gasteiger charge is -2.22. The van der Waals surface area contributed by atoms with Crippen molar-refractivity contribution < 1.29 is 22.7 Å². The average Bonchev–Trinajstić information content (AvgIpc) is 3.16. The van der Waals surface area contributed by atoms with Crippen LogP contribution in [-0.4, -0.2) is 47.1 Å². The van der Waals surface area contributed by atoms with Gasteiger partial charge >= 0.3 is 6.18 Å². The van der Waals surface area contributed by atoms with Crippen LogP contribution in [0.1, 0.15) is 34.9 Å². The summed E-state index contributed by atoms with van der Waals surface area (Å²) in [4.78, 5) is 12.1. The van der Waals surface area contributed by atoms with E-state index in [9.17, 15) is 18.0 Å². The van der Waals surface area contributed by atoms with Crippen LogP contribution in [0, 0.1) is 0 Å². The Hall–Kier alpha value is -2.62. The van der Waals surface area contributed by atoms with Crippen LogP contribution in [0.25, 0.3) is 0 Å². The number of alkyl halides is 3. The van der Waals surface area contributed by atoms with Gasteiger partial charge in [0.15, 0.2) is 5.69 Å². The van der Waals surface area contributed by atoms with E-state index in [0.717, 1.165) is 38.1 Å². The highest BCUT2D eigenvalue weighted by atomic mass is 19.4. The molecule has 1 aliphatic heterocycles. The zero-order valence-electron chi connectivity index (χ0n) is 14.5. The Balaban J connectivity index is 1.42. The second-order valence-corrected chi connectivity index (χ2v) is 6.19. The SMILES string of the molecule is O=C(NCCOc1ccc(C(F)(F)F)cc1)c1cn(C2CCNCC2)nn1. The minimum absolute atomic E-state index is 0.125. The molecule has 0 unspecified atom stereocenters. The van der Waals surface area contributed by atoms with Crippen molar-refractivity contribution in [3.05, 3.63) is 41.7 Å². The fraction of sp³-hybridized carbons (Fsp3) is 0.471. The summed E-state index contributed by atoms with van der Waals surface area (Å²) in [5, 5.41) is 13.8. The lowest BCUT2D eigenvalue weighted by atomic mass is 10.1. The fourth-order valence-electron chi connectivity index (χ4n) is 2.79. The van der Waals surface area contributed by atoms with Crippen molar-refractivity contribution in [2.45, 2.75) is 25.1 Å². The Morgan fingerprint density at radius 1 is 1.26 bits per heavy atom. The molecule has 1 aromatic heterocycles. The monoisotopic (exact) mass is 383 g/mol. The van der Waals surface area contributed by atoms with Crippen molar-refractivity contribution in [1.29, 1.82) is 0 Å². The minimum Gasteiger partial charge on any atom is -0.492 e. The molecule has 2 aromatic rings. The number of rotatable bonds is 6. The largest absolute Gasteiger partial charge is 0.492 e. The van der Waals surface area contributed by atoms with Gasteiger partial charge in [0.1, 0.15) is 12.4 Å². The zero-order chi connectivity index (χ0) is 19.3. The molecule has 0 atom stereocenters. The van der Waals surface area contributed by atoms with Crippen LogP contribution >= 0.6 is 0 Å². The van der Waals surface area contributed by atoms with E-state index in [0.29, 0.717) is 5.75 Å². The maximum atomic E-state index is 12.5. The van der Waals surface area contributed by atoms with Gasteiger partial charge in [-0.1, -0.05) is 5.21 Å². The van der Waals surface area contributed by atoms with E-state index in [1.165, 1.54) is 12.1 Å². The molecular weight excluding hydrogens is 363 g/mol. The van der Waals surface area contributed by atoms with Gasteiger partial charge in [0.25, 0.3) is 5.91 Å². The van der Waals surface area contributed by atoms with E-state index in [4.69, 9.17) is 4.74 Å². The molecular formula is C17H20F3N5O2. The minimum atomic E-state index is -4.38. The van der Waals surface area contributed by atoms with Crippen molar-refractivity contribution in [3.8, 4) is 5.75 Å². The number of hydrogen-bond acceptors (Lipinski definition) is 5. The van der Waals surface area contributed by atoms with Crippen LogP contribution in [0.2, 0.25) is 0 Å². The number of carbonyl (C=O) groups excluding carboxylic acids is 1. The number of nitrogens with zero attached hydrogens (tertiary/aromatic N) is 3. The summed E-state index contributed by atoms with van der Waals surface area (Å²) in [6.07, 6.45) is -0.878. The Labute approximate surface area is 153 Å². The van der Waals surface area contributed by atoms with Crippen LogP contribution in [0.4, 0.5) is 13.2 Å². The summed E-state index contributed by atoms with van der Waals surface area (Å²) < 4.78 is 44.5. The third-order valence-corrected chi connectivity index (χ3v) is 4.26. The van der Waals surface area contributed by atoms with Crippen molar-refractivity contribution in [2.75, 3.05) is 26.2 Å². The summed E-state index contributed by atoms with van der Waals surface area (Å²) in [7, 11) is 0. The van der Waals surface area contributed by atoms with Gasteiger partial charge in [-0.3, -0.25) is 4.79 Å². The number of hydrogen-bond donors (Lipinski definition) is 2. The molecule has 2 N–H and O–H groups in total. The van der Waals surface area contributed by atoms with Gasteiger partial charge in [-0.15, -0.1) is 5.10 Å². The number of amides is 1. The van der Waals surface area contributed by atoms with Gasteiger partial charge in [0.2, 0.25) is 0 Å². The highest BCUT2D eigenvalue weighted by molar-refractivity contribution is 5.91. The van der Waals surface area contributed by atoms with Crippen LogP contribution in [-0.2, 0) is 6.18 Å². The molecule has 0 aliphatic carbocycles. The summed E-state index contributed by atoms with van der Waals surface area (Å²) in [5.74, 6) is -0.0692. The second-order valence-electron chi connectivity index (χ2n) is 6.19. The molecule has 1 saturated heterocycles. The molecule has 0 saturated carbocycles. The van der Waals surface area contributed by atoms with Crippen molar-refractivity contribution in [2.24, 2.45) is 0 Å². The Bertz CT molecular complexity index is 755. The smallest absolute Gasteiger partial charge is 0.416 e. The maximum Gasteiger partial charge on any atom is 0.416 e. The number of benzene rings is 1. The highest BCUT2D eigenvalue weighted by Gasteiger charge is 2.30. The van der Waals surface area contributed by atoms with Gasteiger partial charge in [0, 0.05) is 0 Å². The molecule has 7 nitrogen and oxygen atoms in total. The quantitative estimate of drug-likeness (QED) is 0.746. The number of nitrogens with one attached hydrogen (secondary N) is 2. The first kappa shape index (κ1) is 19.2. The molecule has 10 heteroatoms. The van der Waals surface area contributed by atoms with Gasteiger partial charge in [-0.05, 0) is 50.2 Å². The Kier molecular flexibility index (Phi) is 5.94. The van der Waals surface area contributed by atoms with Crippen molar-refractivity contribution in [1.82, 2.24) is 25.6 Å². The number of ether oxygens (including phenoxy) is 1. The molecule has 1 aromatic carbocycles. The first-order valence-electron chi connectivity index (χ1n) is 8.64. The molecule has 27 heavy (non-hydrogen) atoms. The first-order chi connectivity index (χ1) is 12.9. The third-order valence-electron chi connectivity index (χ3n) is 4.26. The van der Waals surface area contributed by atoms with Crippen molar-refractivity contribution in [3.63, 3.8) is 0 Å². The standard InChI is InChI=1S/C17H20F3N5O2/c18-17(19,20)12-1-3-14(4-2-12)27-10-9-22-16(26)15-11-25(24-23-15)13-5-7-21-8-6-13/h1-4,11,13,21H,5-10H2,(H,22,26). The Morgan fingerprint density at radius 3 is 2.63 bits per heavy atom. The van der Waals surface area contributed by atoms with Gasteiger partial charge in [-0.2, -0.15) is 13.2 Å². The summed E-state index contributed by atoms with van der Waals surface area (Å²) >= 11 is 0. The lowest BCUT2D eigenvalue weighted by Crippen LogP contribution is -2.30. The van der Waals surface area contributed by atoms with Gasteiger partial charge < -0.3 is 15.4 Å². The summed E-state index contributed by atoms with van der Waals surface area (Å²) in [5.41, 5.74) is -0.511. The molecule has 3 rings (SSSR count). The fourth-order valence-corrected chi connectivity index (χ4v) is 2.79. The van der Waals surface area contributed by atoms with E-state index in [1.54, 1.807) is 10.9 Å². The molecule has 1 aliphatic rings. The lowest BCUT2D eigenvalue weighted by molar-refractivity contribution is -0.137. The van der Waals surface area contributed by atoms with E-state index in [1.807, 2.05) is 0 Å². The summed E-state index contributed by atoms with van der Waals surface area (Å²) in [6.45, 7) is 2.14. The molecule has 1 amide bonds. The molecule has 1 fully saturated rings. The second kappa shape index (κ2) is 8.38. The van der Waals surface area contributed by atoms with Crippen molar-refractivity contribution >= 4 is 5.91 Å². The first-order valence-corrected chi connectivity index (χ1v) is 8.64. The number of carbonyl (C=O) groups is 1. The molecule has 0 bridgehead atoms. The topological polar surface area (TPSA) is 81.1 Å². The molecule has 2 heterocycles. The zero-order valence-corrected chi connectivity index (χ0v) is 14.5. The highest BCUT2D eigenvalue weighted by Crippen LogP contribution is 2.30. The number of aromatic nitrogens is 3. The normalized spacial score (nSPS) is 15.5. The van der Waals surface area contributed by atoms with Crippen LogP contribution in [0.5, 0.6) is 5.75 Å². The van der Waals surface area contributed by atoms with Crippen LogP contribution in [0.15, 0.2) is 30.5 Å². The summed E-state index contributed by atoms with van der Waals surface area (Å²) in [6, 6.07) is 4.63. The number of halogens is 3. The third kappa shape index (κ3) is 5.19. The van der Waals surface area contributed by atoms with Crippen LogP contribution < -0.4 is 15.4 Å². The Morgan fingerprint density at radius 2 is 1.96 bits per heavy atom. The predicted molar refractivity (Wildman–Crippen MR) is 90.4 cm³/mol. The van der Waals surface area contributed by atoms with Crippen LogP contribution in [0.3, 0.4) is 0 Å². The van der Waals surface area contributed by atoms with E-state index in [2.05, 4.69) is 20.9 Å². The average molecular weight is 383 g/mol. The molecule has 146 valence electrons. The van der Waals surface area contributed by atoms with Gasteiger partial charge in [-0.25, -0.2) is 4.68 Å². The van der Waals surface area contributed by atoms with E-state index in [-0.39, 0.29) is 30.8 Å². The van der Waals surface area contributed by atoms with Gasteiger partial charge in [0.05, 0.1) is 24.3 Å². The molecule has 0 radical (unpaired) electrons. The van der Waals surface area contributed by atoms with E-state index >= 15 is 0 Å². The predicted octanol–water partition coefficient (Wildman–Crippen LogP) is 2.03.